The quantitative estimate of drug-likeness (QED) is 0.154. The summed E-state index contributed by atoms with van der Waals surface area (Å²) in [4.78, 5) is 30.7. The molecular formula is C45H71NO10. The first-order chi connectivity index (χ1) is 27.0. The van der Waals surface area contributed by atoms with Gasteiger partial charge in [-0.05, 0) is 121 Å². The molecule has 6 unspecified atom stereocenters. The van der Waals surface area contributed by atoms with E-state index >= 15 is 0 Å². The van der Waals surface area contributed by atoms with Crippen molar-refractivity contribution in [2.45, 2.75) is 166 Å². The van der Waals surface area contributed by atoms with Crippen molar-refractivity contribution in [1.82, 2.24) is 4.90 Å². The molecule has 0 bridgehead atoms. The van der Waals surface area contributed by atoms with Gasteiger partial charge >= 0.3 is 5.97 Å². The molecule has 56 heavy (non-hydrogen) atoms. The number of carbonyl (C=O) groups is 2. The first-order valence-electron chi connectivity index (χ1n) is 21.7. The van der Waals surface area contributed by atoms with Crippen LogP contribution >= 0.6 is 0 Å². The molecule has 0 radical (unpaired) electrons. The Morgan fingerprint density at radius 3 is 2.36 bits per heavy atom. The number of hydrogen-bond donors (Lipinski definition) is 0. The van der Waals surface area contributed by atoms with E-state index in [1.54, 1.807) is 14.2 Å². The third-order valence-corrected chi connectivity index (χ3v) is 13.6. The molecule has 0 aromatic heterocycles. The van der Waals surface area contributed by atoms with Gasteiger partial charge in [-0.2, -0.15) is 0 Å². The molecule has 17 atom stereocenters. The Bertz CT molecular complexity index is 1400. The molecule has 0 aromatic carbocycles. The lowest BCUT2D eigenvalue weighted by Crippen LogP contribution is -2.60. The number of esters is 1. The first kappa shape index (κ1) is 43.6. The molecule has 6 rings (SSSR count). The minimum Gasteiger partial charge on any atom is -0.458 e. The Morgan fingerprint density at radius 1 is 0.875 bits per heavy atom. The third-order valence-electron chi connectivity index (χ3n) is 13.6. The SMILES string of the molecule is CC/C=C/[C@H]1CCC[C@H](OC2CC[C@H](N(C)C)[C@@H](C)O2)[C@@H](C)C(=O)C2=CC3C(C=CC4C[C@@H](O[C@@H]5O[C@@H](C)[C@H](OC)[C@@H](OCCC)[C@H]5OC)CC43)C2CC(=O)O1. The minimum absolute atomic E-state index is 0.0260. The van der Waals surface area contributed by atoms with Gasteiger partial charge in [0.05, 0.1) is 30.8 Å². The van der Waals surface area contributed by atoms with E-state index in [-0.39, 0.29) is 103 Å². The number of ether oxygens (including phenoxy) is 8. The predicted molar refractivity (Wildman–Crippen MR) is 213 cm³/mol. The predicted octanol–water partition coefficient (Wildman–Crippen LogP) is 6.82. The van der Waals surface area contributed by atoms with E-state index < -0.39 is 12.4 Å². The summed E-state index contributed by atoms with van der Waals surface area (Å²) < 4.78 is 50.6. The molecule has 4 fully saturated rings. The van der Waals surface area contributed by atoms with Gasteiger partial charge in [-0.1, -0.05) is 45.1 Å². The molecule has 0 amide bonds. The lowest BCUT2D eigenvalue weighted by molar-refractivity contribution is -0.317. The van der Waals surface area contributed by atoms with Gasteiger partial charge in [0.25, 0.3) is 0 Å². The van der Waals surface area contributed by atoms with Crippen molar-refractivity contribution in [2.24, 2.45) is 35.5 Å². The summed E-state index contributed by atoms with van der Waals surface area (Å²) in [5.41, 5.74) is 0.755. The second-order valence-electron chi connectivity index (χ2n) is 17.5. The van der Waals surface area contributed by atoms with Crippen LogP contribution in [0.5, 0.6) is 0 Å². The van der Waals surface area contributed by atoms with Crippen molar-refractivity contribution >= 4 is 11.8 Å². The van der Waals surface area contributed by atoms with Gasteiger partial charge in [0, 0.05) is 38.7 Å². The average molecular weight is 786 g/mol. The molecule has 0 aromatic rings. The van der Waals surface area contributed by atoms with Crippen molar-refractivity contribution in [1.29, 1.82) is 0 Å². The van der Waals surface area contributed by atoms with Crippen LogP contribution in [-0.4, -0.2) is 119 Å². The minimum atomic E-state index is -0.598. The van der Waals surface area contributed by atoms with E-state index in [1.165, 1.54) is 0 Å². The van der Waals surface area contributed by atoms with Crippen LogP contribution in [0.2, 0.25) is 0 Å². The summed E-state index contributed by atoms with van der Waals surface area (Å²) in [6.45, 7) is 10.9. The van der Waals surface area contributed by atoms with Crippen LogP contribution in [0.4, 0.5) is 0 Å². The largest absolute Gasteiger partial charge is 0.458 e. The lowest BCUT2D eigenvalue weighted by Gasteiger charge is -2.44. The van der Waals surface area contributed by atoms with Gasteiger partial charge < -0.3 is 42.8 Å². The van der Waals surface area contributed by atoms with Crippen LogP contribution in [0.15, 0.2) is 36.0 Å². The molecule has 11 nitrogen and oxygen atoms in total. The second-order valence-corrected chi connectivity index (χ2v) is 17.5. The number of likely N-dealkylation sites (N-methyl/N-ethyl adjacent to an activating group) is 1. The zero-order chi connectivity index (χ0) is 40.1. The van der Waals surface area contributed by atoms with Crippen molar-refractivity contribution in [3.8, 4) is 0 Å². The summed E-state index contributed by atoms with van der Waals surface area (Å²) in [5.74, 6) is -0.124. The Kier molecular flexibility index (Phi) is 15.5. The van der Waals surface area contributed by atoms with E-state index in [0.29, 0.717) is 25.5 Å². The van der Waals surface area contributed by atoms with Crippen LogP contribution in [0.1, 0.15) is 98.8 Å². The van der Waals surface area contributed by atoms with E-state index in [4.69, 9.17) is 37.9 Å². The van der Waals surface area contributed by atoms with Gasteiger partial charge in [-0.15, -0.1) is 0 Å². The van der Waals surface area contributed by atoms with Crippen LogP contribution in [0.25, 0.3) is 0 Å². The first-order valence-corrected chi connectivity index (χ1v) is 21.7. The highest BCUT2D eigenvalue weighted by Gasteiger charge is 2.53. The van der Waals surface area contributed by atoms with Gasteiger partial charge in [0.2, 0.25) is 0 Å². The summed E-state index contributed by atoms with van der Waals surface area (Å²) >= 11 is 0. The molecule has 0 N–H and O–H groups in total. The summed E-state index contributed by atoms with van der Waals surface area (Å²) in [7, 11) is 7.54. The van der Waals surface area contributed by atoms with E-state index in [9.17, 15) is 9.59 Å². The van der Waals surface area contributed by atoms with Crippen molar-refractivity contribution in [3.05, 3.63) is 36.0 Å². The highest BCUT2D eigenvalue weighted by atomic mass is 16.7. The molecule has 3 aliphatic carbocycles. The number of Topliss-reactive ketones (excluding diaryl/α,β-unsaturated/α-hetero) is 1. The molecular weight excluding hydrogens is 714 g/mol. The van der Waals surface area contributed by atoms with Crippen molar-refractivity contribution in [2.75, 3.05) is 34.9 Å². The number of cyclic esters (lactones) is 1. The summed E-state index contributed by atoms with van der Waals surface area (Å²) in [6, 6.07) is 0.330. The number of carbonyl (C=O) groups excluding carboxylic acids is 2. The normalized spacial score (nSPS) is 43.5. The summed E-state index contributed by atoms with van der Waals surface area (Å²) in [6.07, 6.45) is 15.5. The molecule has 1 saturated carbocycles. The number of methoxy groups -OCH3 is 2. The van der Waals surface area contributed by atoms with Crippen molar-refractivity contribution in [3.63, 3.8) is 0 Å². The maximum atomic E-state index is 14.8. The van der Waals surface area contributed by atoms with Crippen LogP contribution in [0, 0.1) is 35.5 Å². The maximum Gasteiger partial charge on any atom is 0.307 e. The van der Waals surface area contributed by atoms with E-state index in [2.05, 4.69) is 64.1 Å². The lowest BCUT2D eigenvalue weighted by atomic mass is 9.70. The number of nitrogens with zero attached hydrogens (tertiary/aromatic N) is 1. The van der Waals surface area contributed by atoms with Crippen LogP contribution < -0.4 is 0 Å². The number of rotatable bonds is 12. The number of hydrogen-bond acceptors (Lipinski definition) is 11. The maximum absolute atomic E-state index is 14.8. The molecule has 6 aliphatic rings. The molecule has 11 heteroatoms. The second kappa shape index (κ2) is 19.9. The molecule has 316 valence electrons. The van der Waals surface area contributed by atoms with Gasteiger partial charge in [-0.25, -0.2) is 0 Å². The van der Waals surface area contributed by atoms with Crippen LogP contribution in [-0.2, 0) is 47.5 Å². The smallest absolute Gasteiger partial charge is 0.307 e. The monoisotopic (exact) mass is 786 g/mol. The van der Waals surface area contributed by atoms with Gasteiger partial charge in [0.15, 0.2) is 18.4 Å². The van der Waals surface area contributed by atoms with Gasteiger partial charge in [-0.3, -0.25) is 9.59 Å². The highest BCUT2D eigenvalue weighted by molar-refractivity contribution is 5.99. The van der Waals surface area contributed by atoms with Gasteiger partial charge in [0.1, 0.15) is 24.4 Å². The Morgan fingerprint density at radius 2 is 1.66 bits per heavy atom. The van der Waals surface area contributed by atoms with E-state index in [0.717, 1.165) is 50.5 Å². The zero-order valence-corrected chi connectivity index (χ0v) is 35.5. The number of fused-ring (bicyclic) bond motifs is 5. The Hall–Kier alpha value is -1.96. The van der Waals surface area contributed by atoms with Crippen LogP contribution in [0.3, 0.4) is 0 Å². The third kappa shape index (κ3) is 9.73. The number of ketones is 1. The topological polar surface area (TPSA) is 111 Å². The molecule has 0 spiro atoms. The van der Waals surface area contributed by atoms with E-state index in [1.807, 2.05) is 19.9 Å². The number of allylic oxidation sites excluding steroid dienone is 5. The zero-order valence-electron chi connectivity index (χ0n) is 35.5. The molecule has 3 heterocycles. The summed E-state index contributed by atoms with van der Waals surface area (Å²) in [5, 5.41) is 0. The fourth-order valence-electron chi connectivity index (χ4n) is 10.7. The Labute approximate surface area is 336 Å². The Balaban J connectivity index is 1.21. The molecule has 3 saturated heterocycles. The average Bonchev–Trinajstić information content (AvgIpc) is 3.75. The standard InChI is InChI=1S/C45H71NO10/c1-10-12-14-30-15-13-16-38(56-40-20-19-37(46(6)7)27(4)52-40)26(3)41(48)36-24-34-32(35(36)25-39(47)54-30)18-17-29-22-31(23-33(29)34)55-45-44(50-9)43(51-21-11-2)42(49-8)28(5)53-45/h12,14,17-18,24,26-35,37-38,40,42-45H,10-11,13,15-16,19-23,25H2,1-9H3/b14-12+/t26-,27-,28+,29?,30+,31-,32?,33?,34?,35?,37+,38+,40?,42+,43-,44-,45+/m1/s1. The fraction of sp³-hybridized carbons (Fsp3) is 0.822. The fourth-order valence-corrected chi connectivity index (χ4v) is 10.7. The highest BCUT2D eigenvalue weighted by Crippen LogP contribution is 2.54. The molecule has 3 aliphatic heterocycles. The van der Waals surface area contributed by atoms with Crippen molar-refractivity contribution < 1.29 is 47.5 Å².